The van der Waals surface area contributed by atoms with Crippen molar-refractivity contribution in [2.75, 3.05) is 11.5 Å². The van der Waals surface area contributed by atoms with Crippen molar-refractivity contribution in [2.45, 2.75) is 27.4 Å². The highest BCUT2D eigenvalue weighted by Gasteiger charge is 2.37. The number of nitrogens with one attached hydrogen (secondary N) is 1. The molecule has 1 heterocycles. The molecule has 4 amide bonds. The number of amides is 4. The average Bonchev–Trinajstić information content (AvgIpc) is 2.90. The van der Waals surface area contributed by atoms with Crippen molar-refractivity contribution in [2.24, 2.45) is 0 Å². The lowest BCUT2D eigenvalue weighted by Crippen LogP contribution is -2.54. The summed E-state index contributed by atoms with van der Waals surface area (Å²) in [7, 11) is 0. The Morgan fingerprint density at radius 1 is 0.875 bits per heavy atom. The number of hydrogen-bond donors (Lipinski definition) is 1. The molecule has 40 heavy (non-hydrogen) atoms. The largest absolute Gasteiger partial charge is 0.490 e. The fraction of sp³-hybridized carbons (Fsp3) is 0.156. The van der Waals surface area contributed by atoms with Crippen molar-refractivity contribution in [1.29, 1.82) is 0 Å². The van der Waals surface area contributed by atoms with Gasteiger partial charge in [0.15, 0.2) is 11.5 Å². The van der Waals surface area contributed by atoms with E-state index in [-0.39, 0.29) is 17.2 Å². The molecule has 1 N–H and O–H groups in total. The number of aryl methyl sites for hydroxylation is 2. The number of fused-ring (bicyclic) bond motifs is 1. The first kappa shape index (κ1) is 27.0. The third-order valence-electron chi connectivity index (χ3n) is 6.41. The van der Waals surface area contributed by atoms with Crippen LogP contribution in [0.3, 0.4) is 0 Å². The summed E-state index contributed by atoms with van der Waals surface area (Å²) in [5.74, 6) is -0.801. The van der Waals surface area contributed by atoms with Crippen LogP contribution in [0.4, 0.5) is 10.5 Å². The number of urea groups is 1. The first-order chi connectivity index (χ1) is 19.2. The van der Waals surface area contributed by atoms with Gasteiger partial charge in [-0.1, -0.05) is 54.1 Å². The van der Waals surface area contributed by atoms with Gasteiger partial charge < -0.3 is 9.47 Å². The molecule has 0 saturated carbocycles. The van der Waals surface area contributed by atoms with Gasteiger partial charge >= 0.3 is 6.03 Å². The number of hydrogen-bond acceptors (Lipinski definition) is 5. The van der Waals surface area contributed by atoms with E-state index in [2.05, 4.69) is 11.4 Å². The first-order valence-electron chi connectivity index (χ1n) is 12.8. The fourth-order valence-corrected chi connectivity index (χ4v) is 4.97. The zero-order valence-corrected chi connectivity index (χ0v) is 23.0. The number of nitrogens with zero attached hydrogens (tertiary/aromatic N) is 1. The highest BCUT2D eigenvalue weighted by Crippen LogP contribution is 2.38. The Bertz CT molecular complexity index is 1670. The number of ether oxygens (including phenoxy) is 2. The Kier molecular flexibility index (Phi) is 7.58. The Balaban J connectivity index is 1.45. The van der Waals surface area contributed by atoms with Gasteiger partial charge in [0.05, 0.1) is 17.3 Å². The number of carbonyl (C=O) groups is 3. The van der Waals surface area contributed by atoms with E-state index < -0.39 is 17.8 Å². The summed E-state index contributed by atoms with van der Waals surface area (Å²) in [4.78, 5) is 39.7. The number of carbonyl (C=O) groups excluding carboxylic acids is 3. The van der Waals surface area contributed by atoms with E-state index in [0.29, 0.717) is 29.4 Å². The third kappa shape index (κ3) is 5.55. The maximum atomic E-state index is 13.4. The van der Waals surface area contributed by atoms with E-state index in [1.165, 1.54) is 6.08 Å². The average molecular weight is 555 g/mol. The maximum Gasteiger partial charge on any atom is 0.335 e. The van der Waals surface area contributed by atoms with Gasteiger partial charge in [-0.15, -0.1) is 0 Å². The normalized spacial score (nSPS) is 14.6. The summed E-state index contributed by atoms with van der Waals surface area (Å²) in [5, 5.41) is 4.75. The van der Waals surface area contributed by atoms with Crippen LogP contribution in [0.2, 0.25) is 5.02 Å². The van der Waals surface area contributed by atoms with Crippen molar-refractivity contribution in [1.82, 2.24) is 5.32 Å². The van der Waals surface area contributed by atoms with Gasteiger partial charge in [-0.25, -0.2) is 9.69 Å². The molecule has 0 unspecified atom stereocenters. The first-order valence-corrected chi connectivity index (χ1v) is 13.2. The Hall–Kier alpha value is -4.62. The molecule has 0 radical (unpaired) electrons. The van der Waals surface area contributed by atoms with Crippen LogP contribution in [-0.2, 0) is 16.2 Å². The molecule has 8 heteroatoms. The molecule has 1 aliphatic heterocycles. The van der Waals surface area contributed by atoms with Gasteiger partial charge in [-0.3, -0.25) is 14.9 Å². The van der Waals surface area contributed by atoms with E-state index in [0.717, 1.165) is 32.4 Å². The van der Waals surface area contributed by atoms with Crippen LogP contribution < -0.4 is 19.7 Å². The topological polar surface area (TPSA) is 84.9 Å². The molecule has 7 nitrogen and oxygen atoms in total. The van der Waals surface area contributed by atoms with Gasteiger partial charge in [0, 0.05) is 0 Å². The Morgan fingerprint density at radius 3 is 2.33 bits per heavy atom. The van der Waals surface area contributed by atoms with Crippen LogP contribution in [0.25, 0.3) is 16.8 Å². The zero-order valence-electron chi connectivity index (χ0n) is 22.3. The van der Waals surface area contributed by atoms with Crippen molar-refractivity contribution < 1.29 is 23.9 Å². The minimum absolute atomic E-state index is 0.206. The predicted molar refractivity (Wildman–Crippen MR) is 156 cm³/mol. The minimum atomic E-state index is -0.803. The summed E-state index contributed by atoms with van der Waals surface area (Å²) in [6.07, 6.45) is 1.39. The lowest BCUT2D eigenvalue weighted by Gasteiger charge is -2.27. The molecule has 0 spiro atoms. The molecule has 1 aliphatic rings. The molecule has 4 aromatic rings. The summed E-state index contributed by atoms with van der Waals surface area (Å²) < 4.78 is 11.9. The highest BCUT2D eigenvalue weighted by atomic mass is 35.5. The molecule has 0 bridgehead atoms. The van der Waals surface area contributed by atoms with Crippen LogP contribution in [0.15, 0.2) is 78.4 Å². The van der Waals surface area contributed by atoms with Crippen LogP contribution in [-0.4, -0.2) is 24.5 Å². The molecule has 1 saturated heterocycles. The molecule has 5 rings (SSSR count). The van der Waals surface area contributed by atoms with Crippen LogP contribution in [0.5, 0.6) is 11.5 Å². The maximum absolute atomic E-state index is 13.4. The minimum Gasteiger partial charge on any atom is -0.490 e. The molecule has 4 aromatic carbocycles. The zero-order chi connectivity index (χ0) is 28.4. The van der Waals surface area contributed by atoms with Gasteiger partial charge in [-0.05, 0) is 90.2 Å². The Labute approximate surface area is 237 Å². The Morgan fingerprint density at radius 2 is 1.60 bits per heavy atom. The number of halogens is 1. The molecule has 0 aromatic heterocycles. The lowest BCUT2D eigenvalue weighted by atomic mass is 10.0. The highest BCUT2D eigenvalue weighted by molar-refractivity contribution is 6.39. The number of anilines is 1. The summed E-state index contributed by atoms with van der Waals surface area (Å²) >= 11 is 6.62. The standard InChI is InChI=1S/C32H27ClN2O5/c1-4-39-28-17-22(16-27(33)29(28)40-18-21-9-10-23-7-5-6-8-24(23)14-21)15-26-30(36)34-32(38)35(31(26)37)25-12-19(2)11-20(3)13-25/h5-17H,4,18H2,1-3H3,(H,34,36,38)/b26-15+. The number of benzene rings is 4. The van der Waals surface area contributed by atoms with Crippen LogP contribution in [0.1, 0.15) is 29.2 Å². The second-order valence-electron chi connectivity index (χ2n) is 9.54. The summed E-state index contributed by atoms with van der Waals surface area (Å²) in [6.45, 7) is 6.17. The quantitative estimate of drug-likeness (QED) is 0.202. The number of imide groups is 2. The molecule has 0 aliphatic carbocycles. The van der Waals surface area contributed by atoms with Crippen molar-refractivity contribution in [3.8, 4) is 11.5 Å². The van der Waals surface area contributed by atoms with E-state index in [1.807, 2.05) is 63.2 Å². The van der Waals surface area contributed by atoms with Gasteiger partial charge in [0.1, 0.15) is 12.2 Å². The monoisotopic (exact) mass is 554 g/mol. The van der Waals surface area contributed by atoms with Crippen molar-refractivity contribution in [3.63, 3.8) is 0 Å². The summed E-state index contributed by atoms with van der Waals surface area (Å²) in [5.41, 5.74) is 3.34. The van der Waals surface area contributed by atoms with E-state index in [4.69, 9.17) is 21.1 Å². The van der Waals surface area contributed by atoms with Gasteiger partial charge in [0.2, 0.25) is 0 Å². The van der Waals surface area contributed by atoms with E-state index in [9.17, 15) is 14.4 Å². The second kappa shape index (κ2) is 11.2. The third-order valence-corrected chi connectivity index (χ3v) is 6.69. The van der Waals surface area contributed by atoms with Crippen molar-refractivity contribution >= 4 is 52.0 Å². The SMILES string of the molecule is CCOc1cc(/C=C2\C(=O)NC(=O)N(c3cc(C)cc(C)c3)C2=O)cc(Cl)c1OCc1ccc2ccccc2c1. The van der Waals surface area contributed by atoms with E-state index in [1.54, 1.807) is 24.3 Å². The van der Waals surface area contributed by atoms with Crippen molar-refractivity contribution in [3.05, 3.63) is 106 Å². The fourth-order valence-electron chi connectivity index (χ4n) is 4.70. The van der Waals surface area contributed by atoms with Crippen LogP contribution in [0, 0.1) is 13.8 Å². The molecule has 0 atom stereocenters. The molecule has 1 fully saturated rings. The predicted octanol–water partition coefficient (Wildman–Crippen LogP) is 6.75. The number of barbiturate groups is 1. The molecular weight excluding hydrogens is 528 g/mol. The van der Waals surface area contributed by atoms with Crippen LogP contribution >= 0.6 is 11.6 Å². The second-order valence-corrected chi connectivity index (χ2v) is 9.94. The van der Waals surface area contributed by atoms with E-state index >= 15 is 0 Å². The summed E-state index contributed by atoms with van der Waals surface area (Å²) in [6, 6.07) is 21.9. The molecule has 202 valence electrons. The smallest absolute Gasteiger partial charge is 0.335 e. The number of rotatable bonds is 7. The lowest BCUT2D eigenvalue weighted by molar-refractivity contribution is -0.122. The molecular formula is C32H27ClN2O5. The van der Waals surface area contributed by atoms with Gasteiger partial charge in [-0.2, -0.15) is 0 Å². The van der Waals surface area contributed by atoms with Gasteiger partial charge in [0.25, 0.3) is 11.8 Å².